The topological polar surface area (TPSA) is 26.3 Å². The summed E-state index contributed by atoms with van der Waals surface area (Å²) in [7, 11) is 0. The van der Waals surface area contributed by atoms with E-state index >= 15 is 0 Å². The number of carbonyl (C=O) groups is 1. The quantitative estimate of drug-likeness (QED) is 0.459. The van der Waals surface area contributed by atoms with Crippen LogP contribution >= 0.6 is 23.2 Å². The first-order valence-electron chi connectivity index (χ1n) is 8.81. The van der Waals surface area contributed by atoms with Crippen LogP contribution < -0.4 is 4.74 Å². The van der Waals surface area contributed by atoms with Gasteiger partial charge in [0.2, 0.25) is 5.78 Å². The molecule has 0 radical (unpaired) electrons. The fourth-order valence-electron chi connectivity index (χ4n) is 3.54. The van der Waals surface area contributed by atoms with Gasteiger partial charge in [-0.3, -0.25) is 4.79 Å². The summed E-state index contributed by atoms with van der Waals surface area (Å²) >= 11 is 12.2. The molecule has 136 valence electrons. The lowest BCUT2D eigenvalue weighted by Gasteiger charge is -2.15. The molecule has 0 aromatic heterocycles. The number of hydrogen-bond donors (Lipinski definition) is 0. The highest BCUT2D eigenvalue weighted by molar-refractivity contribution is 6.37. The Balaban J connectivity index is 1.65. The summed E-state index contributed by atoms with van der Waals surface area (Å²) in [5.74, 6) is 0.577. The van der Waals surface area contributed by atoms with Gasteiger partial charge in [0.1, 0.15) is 5.75 Å². The zero-order valence-electron chi connectivity index (χ0n) is 15.0. The number of halogens is 2. The zero-order valence-corrected chi connectivity index (χ0v) is 16.5. The lowest BCUT2D eigenvalue weighted by Crippen LogP contribution is -2.28. The number of Topliss-reactive ketones (excluding diaryl/α,β-unsaturated/α-hetero) is 1. The van der Waals surface area contributed by atoms with Gasteiger partial charge in [-0.25, -0.2) is 0 Å². The Kier molecular flexibility index (Phi) is 4.71. The summed E-state index contributed by atoms with van der Waals surface area (Å²) in [6, 6.07) is 19.4. The SMILES string of the molecule is Cc1cccc(-c2ccc3c(c2)OC(C(=O)c2ccc(Cl)cc2Cl)C3C)c1. The molecule has 0 fully saturated rings. The van der Waals surface area contributed by atoms with E-state index in [1.54, 1.807) is 18.2 Å². The van der Waals surface area contributed by atoms with Gasteiger partial charge in [-0.2, -0.15) is 0 Å². The van der Waals surface area contributed by atoms with Gasteiger partial charge >= 0.3 is 0 Å². The van der Waals surface area contributed by atoms with Gasteiger partial charge in [0.15, 0.2) is 6.10 Å². The molecule has 0 N–H and O–H groups in total. The Hall–Kier alpha value is -2.29. The maximum Gasteiger partial charge on any atom is 0.205 e. The third-order valence-electron chi connectivity index (χ3n) is 5.02. The number of carbonyl (C=O) groups excluding carboxylic acids is 1. The minimum Gasteiger partial charge on any atom is -0.481 e. The molecule has 1 aliphatic heterocycles. The average Bonchev–Trinajstić information content (AvgIpc) is 2.97. The second-order valence-corrected chi connectivity index (χ2v) is 7.78. The molecule has 0 bridgehead atoms. The Labute approximate surface area is 168 Å². The van der Waals surface area contributed by atoms with Crippen LogP contribution in [0.4, 0.5) is 0 Å². The number of hydrogen-bond acceptors (Lipinski definition) is 2. The van der Waals surface area contributed by atoms with E-state index in [1.165, 1.54) is 5.56 Å². The summed E-state index contributed by atoms with van der Waals surface area (Å²) in [5, 5.41) is 0.850. The lowest BCUT2D eigenvalue weighted by atomic mass is 9.91. The number of ether oxygens (including phenoxy) is 1. The van der Waals surface area contributed by atoms with Crippen molar-refractivity contribution in [2.75, 3.05) is 0 Å². The van der Waals surface area contributed by atoms with Crippen molar-refractivity contribution >= 4 is 29.0 Å². The first-order chi connectivity index (χ1) is 12.9. The Bertz CT molecular complexity index is 1040. The van der Waals surface area contributed by atoms with Crippen molar-refractivity contribution in [2.45, 2.75) is 25.9 Å². The van der Waals surface area contributed by atoms with Crippen molar-refractivity contribution in [3.8, 4) is 16.9 Å². The molecular formula is C23H18Cl2O2. The van der Waals surface area contributed by atoms with Gasteiger partial charge in [-0.1, -0.05) is 72.1 Å². The zero-order chi connectivity index (χ0) is 19.1. The molecule has 3 aromatic rings. The van der Waals surface area contributed by atoms with Crippen LogP contribution in [0, 0.1) is 6.92 Å². The first-order valence-corrected chi connectivity index (χ1v) is 9.56. The van der Waals surface area contributed by atoms with E-state index in [0.29, 0.717) is 15.6 Å². The monoisotopic (exact) mass is 396 g/mol. The average molecular weight is 397 g/mol. The van der Waals surface area contributed by atoms with Crippen LogP contribution in [0.3, 0.4) is 0 Å². The van der Waals surface area contributed by atoms with E-state index in [2.05, 4.69) is 37.3 Å². The normalized spacial score (nSPS) is 18.1. The summed E-state index contributed by atoms with van der Waals surface area (Å²) < 4.78 is 6.07. The van der Waals surface area contributed by atoms with Gasteiger partial charge in [-0.15, -0.1) is 0 Å². The highest BCUT2D eigenvalue weighted by Crippen LogP contribution is 2.42. The molecular weight excluding hydrogens is 379 g/mol. The van der Waals surface area contributed by atoms with Gasteiger partial charge < -0.3 is 4.74 Å². The molecule has 0 aliphatic carbocycles. The molecule has 2 nitrogen and oxygen atoms in total. The molecule has 4 rings (SSSR count). The first kappa shape index (κ1) is 18.1. The molecule has 1 aliphatic rings. The largest absolute Gasteiger partial charge is 0.481 e. The van der Waals surface area contributed by atoms with Crippen molar-refractivity contribution in [3.63, 3.8) is 0 Å². The minimum absolute atomic E-state index is 0.0502. The van der Waals surface area contributed by atoms with Crippen LogP contribution in [0.25, 0.3) is 11.1 Å². The van der Waals surface area contributed by atoms with Crippen LogP contribution in [-0.2, 0) is 0 Å². The van der Waals surface area contributed by atoms with Gasteiger partial charge in [0, 0.05) is 22.1 Å². The van der Waals surface area contributed by atoms with Crippen molar-refractivity contribution in [2.24, 2.45) is 0 Å². The van der Waals surface area contributed by atoms with Crippen LogP contribution in [-0.4, -0.2) is 11.9 Å². The second kappa shape index (κ2) is 7.03. The predicted molar refractivity (Wildman–Crippen MR) is 110 cm³/mol. The smallest absolute Gasteiger partial charge is 0.205 e. The fourth-order valence-corrected chi connectivity index (χ4v) is 4.04. The summed E-state index contributed by atoms with van der Waals surface area (Å²) in [4.78, 5) is 13.0. The molecule has 0 saturated carbocycles. The molecule has 0 saturated heterocycles. The van der Waals surface area contributed by atoms with E-state index in [4.69, 9.17) is 27.9 Å². The third kappa shape index (κ3) is 3.36. The number of aryl methyl sites for hydroxylation is 1. The van der Waals surface area contributed by atoms with Crippen LogP contribution in [0.1, 0.15) is 34.3 Å². The molecule has 2 atom stereocenters. The maximum absolute atomic E-state index is 13.0. The van der Waals surface area contributed by atoms with Crippen molar-refractivity contribution < 1.29 is 9.53 Å². The maximum atomic E-state index is 13.0. The van der Waals surface area contributed by atoms with E-state index in [1.807, 2.05) is 19.1 Å². The third-order valence-corrected chi connectivity index (χ3v) is 5.57. The molecule has 3 aromatic carbocycles. The molecule has 4 heteroatoms. The standard InChI is InChI=1S/C23H18Cl2O2/c1-13-4-3-5-15(10-13)16-6-8-18-14(2)23(27-21(18)11-16)22(26)19-9-7-17(24)12-20(19)25/h3-12,14,23H,1-2H3. The van der Waals surface area contributed by atoms with E-state index < -0.39 is 6.10 Å². The van der Waals surface area contributed by atoms with Crippen LogP contribution in [0.15, 0.2) is 60.7 Å². The van der Waals surface area contributed by atoms with E-state index in [9.17, 15) is 4.79 Å². The van der Waals surface area contributed by atoms with Gasteiger partial charge in [0.25, 0.3) is 0 Å². The van der Waals surface area contributed by atoms with Crippen molar-refractivity contribution in [1.29, 1.82) is 0 Å². The van der Waals surface area contributed by atoms with Crippen molar-refractivity contribution in [3.05, 3.63) is 87.4 Å². The molecule has 0 amide bonds. The Morgan fingerprint density at radius 1 is 0.963 bits per heavy atom. The highest BCUT2D eigenvalue weighted by Gasteiger charge is 2.37. The van der Waals surface area contributed by atoms with E-state index in [-0.39, 0.29) is 11.7 Å². The highest BCUT2D eigenvalue weighted by atomic mass is 35.5. The molecule has 1 heterocycles. The number of rotatable bonds is 3. The van der Waals surface area contributed by atoms with E-state index in [0.717, 1.165) is 22.4 Å². The van der Waals surface area contributed by atoms with Crippen molar-refractivity contribution in [1.82, 2.24) is 0 Å². The minimum atomic E-state index is -0.591. The van der Waals surface area contributed by atoms with Crippen LogP contribution in [0.2, 0.25) is 10.0 Å². The van der Waals surface area contributed by atoms with Gasteiger partial charge in [0.05, 0.1) is 5.02 Å². The number of fused-ring (bicyclic) bond motifs is 1. The summed E-state index contributed by atoms with van der Waals surface area (Å²) in [6.45, 7) is 4.07. The summed E-state index contributed by atoms with van der Waals surface area (Å²) in [6.07, 6.45) is -0.591. The number of ketones is 1. The Morgan fingerprint density at radius 3 is 2.48 bits per heavy atom. The van der Waals surface area contributed by atoms with Crippen LogP contribution in [0.5, 0.6) is 5.75 Å². The fraction of sp³-hybridized carbons (Fsp3) is 0.174. The number of benzene rings is 3. The molecule has 2 unspecified atom stereocenters. The molecule has 27 heavy (non-hydrogen) atoms. The summed E-state index contributed by atoms with van der Waals surface area (Å²) in [5.41, 5.74) is 4.87. The van der Waals surface area contributed by atoms with Gasteiger partial charge in [-0.05, 0) is 42.3 Å². The second-order valence-electron chi connectivity index (χ2n) is 6.94. The molecule has 0 spiro atoms. The lowest BCUT2D eigenvalue weighted by molar-refractivity contribution is 0.0799. The Morgan fingerprint density at radius 2 is 1.74 bits per heavy atom. The predicted octanol–water partition coefficient (Wildman–Crippen LogP) is 6.72.